The quantitative estimate of drug-likeness (QED) is 0.682. The van der Waals surface area contributed by atoms with Crippen LogP contribution in [0.2, 0.25) is 0 Å². The van der Waals surface area contributed by atoms with E-state index in [0.29, 0.717) is 10.1 Å². The maximum atomic E-state index is 13.1. The van der Waals surface area contributed by atoms with Crippen LogP contribution in [0.1, 0.15) is 17.3 Å². The van der Waals surface area contributed by atoms with Crippen LogP contribution in [0, 0.1) is 5.82 Å². The SMILES string of the molecule is CC(=O)c1cc(F)ccc1Sc1nccc(=O)[nH]1. The van der Waals surface area contributed by atoms with Crippen LogP contribution in [-0.2, 0) is 0 Å². The van der Waals surface area contributed by atoms with Gasteiger partial charge in [-0.25, -0.2) is 9.37 Å². The number of nitrogens with one attached hydrogen (secondary N) is 1. The molecule has 0 bridgehead atoms. The van der Waals surface area contributed by atoms with E-state index in [0.717, 1.165) is 11.8 Å². The highest BCUT2D eigenvalue weighted by Crippen LogP contribution is 2.28. The third kappa shape index (κ3) is 2.84. The molecule has 6 heteroatoms. The van der Waals surface area contributed by atoms with Crippen molar-refractivity contribution in [1.29, 1.82) is 0 Å². The van der Waals surface area contributed by atoms with Crippen molar-refractivity contribution in [2.24, 2.45) is 0 Å². The Labute approximate surface area is 106 Å². The van der Waals surface area contributed by atoms with Gasteiger partial charge in [-0.2, -0.15) is 0 Å². The first kappa shape index (κ1) is 12.5. The molecule has 0 saturated carbocycles. The van der Waals surface area contributed by atoms with Gasteiger partial charge in [0.05, 0.1) is 0 Å². The van der Waals surface area contributed by atoms with Crippen molar-refractivity contribution in [1.82, 2.24) is 9.97 Å². The Morgan fingerprint density at radius 3 is 2.83 bits per heavy atom. The van der Waals surface area contributed by atoms with Crippen LogP contribution in [0.3, 0.4) is 0 Å². The van der Waals surface area contributed by atoms with E-state index in [9.17, 15) is 14.0 Å². The van der Waals surface area contributed by atoms with Crippen LogP contribution in [-0.4, -0.2) is 15.8 Å². The number of Topliss-reactive ketones (excluding diaryl/α,β-unsaturated/α-hetero) is 1. The zero-order valence-corrected chi connectivity index (χ0v) is 10.3. The predicted octanol–water partition coefficient (Wildman–Crippen LogP) is 2.26. The average Bonchev–Trinajstić information content (AvgIpc) is 2.31. The molecule has 2 aromatic rings. The number of halogens is 1. The third-order valence-corrected chi connectivity index (χ3v) is 3.15. The van der Waals surface area contributed by atoms with Crippen LogP contribution in [0.4, 0.5) is 4.39 Å². The van der Waals surface area contributed by atoms with Gasteiger partial charge in [-0.05, 0) is 25.1 Å². The van der Waals surface area contributed by atoms with Crippen LogP contribution < -0.4 is 5.56 Å². The van der Waals surface area contributed by atoms with Gasteiger partial charge in [0.2, 0.25) is 0 Å². The minimum atomic E-state index is -0.473. The number of aromatic nitrogens is 2. The lowest BCUT2D eigenvalue weighted by Gasteiger charge is -2.05. The van der Waals surface area contributed by atoms with Crippen molar-refractivity contribution < 1.29 is 9.18 Å². The minimum absolute atomic E-state index is 0.240. The number of carbonyl (C=O) groups is 1. The zero-order chi connectivity index (χ0) is 13.1. The van der Waals surface area contributed by atoms with Gasteiger partial charge in [0.25, 0.3) is 5.56 Å². The molecule has 1 aromatic carbocycles. The third-order valence-electron chi connectivity index (χ3n) is 2.18. The van der Waals surface area contributed by atoms with Gasteiger partial charge in [0.15, 0.2) is 10.9 Å². The smallest absolute Gasteiger partial charge is 0.251 e. The van der Waals surface area contributed by atoms with E-state index in [1.807, 2.05) is 0 Å². The first-order chi connectivity index (χ1) is 8.56. The molecule has 0 unspecified atom stereocenters. The highest BCUT2D eigenvalue weighted by atomic mass is 32.2. The molecule has 0 aliphatic heterocycles. The summed E-state index contributed by atoms with van der Waals surface area (Å²) >= 11 is 1.11. The molecule has 1 heterocycles. The van der Waals surface area contributed by atoms with Crippen LogP contribution in [0.5, 0.6) is 0 Å². The largest absolute Gasteiger partial charge is 0.301 e. The second kappa shape index (κ2) is 5.14. The standard InChI is InChI=1S/C12H9FN2O2S/c1-7(16)9-6-8(13)2-3-10(9)18-12-14-5-4-11(17)15-12/h2-6H,1H3,(H,14,15,17). The summed E-state index contributed by atoms with van der Waals surface area (Å²) in [5, 5.41) is 0.358. The highest BCUT2D eigenvalue weighted by molar-refractivity contribution is 7.99. The predicted molar refractivity (Wildman–Crippen MR) is 65.4 cm³/mol. The molecule has 0 amide bonds. The van der Waals surface area contributed by atoms with E-state index in [-0.39, 0.29) is 16.9 Å². The molecule has 0 saturated heterocycles. The summed E-state index contributed by atoms with van der Waals surface area (Å²) < 4.78 is 13.1. The molecule has 0 atom stereocenters. The molecule has 0 radical (unpaired) electrons. The summed E-state index contributed by atoms with van der Waals surface area (Å²) in [5.41, 5.74) is -0.00881. The second-order valence-electron chi connectivity index (χ2n) is 3.54. The van der Waals surface area contributed by atoms with Gasteiger partial charge < -0.3 is 4.98 Å². The van der Waals surface area contributed by atoms with E-state index in [2.05, 4.69) is 9.97 Å². The number of ketones is 1. The Morgan fingerprint density at radius 2 is 2.17 bits per heavy atom. The number of hydrogen-bond acceptors (Lipinski definition) is 4. The molecule has 0 fully saturated rings. The number of benzene rings is 1. The fraction of sp³-hybridized carbons (Fsp3) is 0.0833. The van der Waals surface area contributed by atoms with Gasteiger partial charge in [-0.1, -0.05) is 11.8 Å². The molecule has 0 spiro atoms. The van der Waals surface area contributed by atoms with Crippen molar-refractivity contribution in [3.05, 3.63) is 52.2 Å². The molecule has 18 heavy (non-hydrogen) atoms. The Hall–Kier alpha value is -1.95. The number of nitrogens with zero attached hydrogens (tertiary/aromatic N) is 1. The van der Waals surface area contributed by atoms with Crippen molar-refractivity contribution in [3.8, 4) is 0 Å². The lowest BCUT2D eigenvalue weighted by molar-refractivity contribution is 0.101. The van der Waals surface area contributed by atoms with E-state index in [4.69, 9.17) is 0 Å². The van der Waals surface area contributed by atoms with Gasteiger partial charge in [-0.15, -0.1) is 0 Å². The molecule has 92 valence electrons. The normalized spacial score (nSPS) is 10.3. The van der Waals surface area contributed by atoms with Crippen LogP contribution in [0.15, 0.2) is 45.3 Å². The molecule has 4 nitrogen and oxygen atoms in total. The molecule has 1 aromatic heterocycles. The summed E-state index contributed by atoms with van der Waals surface area (Å²) in [6.07, 6.45) is 1.37. The minimum Gasteiger partial charge on any atom is -0.301 e. The number of H-pyrrole nitrogens is 1. The number of hydrogen-bond donors (Lipinski definition) is 1. The van der Waals surface area contributed by atoms with Gasteiger partial charge in [0.1, 0.15) is 5.82 Å². The Morgan fingerprint density at radius 1 is 1.39 bits per heavy atom. The van der Waals surface area contributed by atoms with E-state index in [1.54, 1.807) is 0 Å². The molecule has 1 N–H and O–H groups in total. The number of rotatable bonds is 3. The van der Waals surface area contributed by atoms with E-state index in [1.165, 1.54) is 37.4 Å². The first-order valence-corrected chi connectivity index (χ1v) is 5.91. The first-order valence-electron chi connectivity index (χ1n) is 5.10. The van der Waals surface area contributed by atoms with E-state index >= 15 is 0 Å². The Bertz CT molecular complexity index is 655. The molecular weight excluding hydrogens is 255 g/mol. The molecular formula is C12H9FN2O2S. The van der Waals surface area contributed by atoms with Crippen molar-refractivity contribution >= 4 is 17.5 Å². The summed E-state index contributed by atoms with van der Waals surface area (Å²) in [4.78, 5) is 29.6. The Kier molecular flexibility index (Phi) is 3.57. The van der Waals surface area contributed by atoms with Gasteiger partial charge in [0, 0.05) is 22.7 Å². The van der Waals surface area contributed by atoms with Crippen molar-refractivity contribution in [2.75, 3.05) is 0 Å². The summed E-state index contributed by atoms with van der Waals surface area (Å²) in [6, 6.07) is 5.21. The molecule has 2 rings (SSSR count). The summed E-state index contributed by atoms with van der Waals surface area (Å²) in [5.74, 6) is -0.714. The lowest BCUT2D eigenvalue weighted by atomic mass is 10.1. The summed E-state index contributed by atoms with van der Waals surface area (Å²) in [7, 11) is 0. The highest BCUT2D eigenvalue weighted by Gasteiger charge is 2.11. The second-order valence-corrected chi connectivity index (χ2v) is 4.57. The van der Waals surface area contributed by atoms with Gasteiger partial charge in [-0.3, -0.25) is 9.59 Å². The lowest BCUT2D eigenvalue weighted by Crippen LogP contribution is -2.05. The fourth-order valence-corrected chi connectivity index (χ4v) is 2.30. The topological polar surface area (TPSA) is 62.8 Å². The number of carbonyl (C=O) groups excluding carboxylic acids is 1. The monoisotopic (exact) mass is 264 g/mol. The Balaban J connectivity index is 2.40. The van der Waals surface area contributed by atoms with Gasteiger partial charge >= 0.3 is 0 Å². The maximum Gasteiger partial charge on any atom is 0.251 e. The molecule has 0 aliphatic rings. The molecule has 0 aliphatic carbocycles. The fourth-order valence-electron chi connectivity index (χ4n) is 1.37. The maximum absolute atomic E-state index is 13.1. The van der Waals surface area contributed by atoms with Crippen molar-refractivity contribution in [3.63, 3.8) is 0 Å². The average molecular weight is 264 g/mol. The van der Waals surface area contributed by atoms with Crippen LogP contribution >= 0.6 is 11.8 Å². The summed E-state index contributed by atoms with van der Waals surface area (Å²) in [6.45, 7) is 1.36. The van der Waals surface area contributed by atoms with Crippen molar-refractivity contribution in [2.45, 2.75) is 17.0 Å². The van der Waals surface area contributed by atoms with E-state index < -0.39 is 5.82 Å². The zero-order valence-electron chi connectivity index (χ0n) is 9.44. The number of aromatic amines is 1. The van der Waals surface area contributed by atoms with Crippen LogP contribution in [0.25, 0.3) is 0 Å².